The van der Waals surface area contributed by atoms with Crippen LogP contribution in [0.2, 0.25) is 0 Å². The molecule has 1 unspecified atom stereocenters. The number of carbonyl (C=O) groups excluding carboxylic acids is 6. The van der Waals surface area contributed by atoms with Crippen LogP contribution in [0, 0.1) is 13.8 Å². The van der Waals surface area contributed by atoms with E-state index in [0.717, 1.165) is 76.7 Å². The first-order chi connectivity index (χ1) is 36.8. The lowest BCUT2D eigenvalue weighted by Crippen LogP contribution is -2.54. The number of nitrogens with zero attached hydrogens (tertiary/aromatic N) is 6. The van der Waals surface area contributed by atoms with Crippen LogP contribution in [-0.4, -0.2) is 170 Å². The fraction of sp³-hybridized carbons (Fsp3) is 0.463. The maximum atomic E-state index is 13.7. The number of benzene rings is 2. The number of ether oxygens (including phenoxy) is 4. The van der Waals surface area contributed by atoms with Crippen LogP contribution in [0.5, 0.6) is 0 Å². The third-order valence-corrected chi connectivity index (χ3v) is 13.5. The summed E-state index contributed by atoms with van der Waals surface area (Å²) in [6.07, 6.45) is 3.95. The number of aromatic nitrogens is 4. The van der Waals surface area contributed by atoms with E-state index in [1.54, 1.807) is 24.4 Å². The van der Waals surface area contributed by atoms with Crippen molar-refractivity contribution in [3.8, 4) is 11.1 Å². The molecule has 1 atom stereocenters. The molecule has 0 bridgehead atoms. The van der Waals surface area contributed by atoms with Crippen molar-refractivity contribution in [3.05, 3.63) is 105 Å². The lowest BCUT2D eigenvalue weighted by molar-refractivity contribution is -0.136. The second-order valence-electron chi connectivity index (χ2n) is 19.2. The fourth-order valence-corrected chi connectivity index (χ4v) is 9.51. The first-order valence-corrected chi connectivity index (χ1v) is 25.9. The van der Waals surface area contributed by atoms with Gasteiger partial charge in [-0.2, -0.15) is 5.10 Å². The van der Waals surface area contributed by atoms with Crippen molar-refractivity contribution in [3.63, 3.8) is 0 Å². The average Bonchev–Trinajstić information content (AvgIpc) is 3.97. The molecule has 0 spiro atoms. The van der Waals surface area contributed by atoms with E-state index in [1.807, 2.05) is 68.9 Å². The van der Waals surface area contributed by atoms with Crippen molar-refractivity contribution in [2.24, 2.45) is 0 Å². The van der Waals surface area contributed by atoms with Gasteiger partial charge in [-0.25, -0.2) is 4.98 Å². The van der Waals surface area contributed by atoms with Crippen molar-refractivity contribution in [1.82, 2.24) is 45.5 Å². The molecule has 3 aliphatic heterocycles. The highest BCUT2D eigenvalue weighted by molar-refractivity contribution is 6.25. The van der Waals surface area contributed by atoms with Gasteiger partial charge in [-0.1, -0.05) is 6.07 Å². The molecule has 22 nitrogen and oxygen atoms in total. The number of carbonyl (C=O) groups is 6. The fourth-order valence-electron chi connectivity index (χ4n) is 9.51. The monoisotopic (exact) mass is 1050 g/mol. The van der Waals surface area contributed by atoms with Gasteiger partial charge < -0.3 is 44.8 Å². The van der Waals surface area contributed by atoms with Crippen LogP contribution >= 0.6 is 0 Å². The Morgan fingerprint density at radius 3 is 2.20 bits per heavy atom. The van der Waals surface area contributed by atoms with Crippen LogP contribution in [0.15, 0.2) is 65.7 Å². The summed E-state index contributed by atoms with van der Waals surface area (Å²) < 4.78 is 24.2. The van der Waals surface area contributed by atoms with Crippen molar-refractivity contribution in [2.75, 3.05) is 109 Å². The number of aryl methyl sites for hydroxylation is 2. The Balaban J connectivity index is 0.650. The number of piperidine rings is 1. The van der Waals surface area contributed by atoms with Crippen molar-refractivity contribution < 1.29 is 47.7 Å². The second-order valence-corrected chi connectivity index (χ2v) is 19.2. The van der Waals surface area contributed by atoms with Gasteiger partial charge >= 0.3 is 0 Å². The standard InChI is InChI=1S/C54H67N11O11/c1-34(2)65-45-30-38(29-40(42(45)33-59-65)50(68)58-32-41-35(3)28-36(4)60-51(41)69)37-8-10-46(57-31-37)63-18-16-62(17-19-63)15-13-56-47(66)12-20-73-22-24-75-26-27-76-25-23-74-21-14-55-43-7-5-6-39-49(43)54(72)64(53(39)71)44-9-11-48(67)61-52(44)70/h5-8,10,28-31,33-34,44,55H,9,11-27,32H2,1-4H3,(H,56,66)(H,58,68)(H,60,69)(H,61,67,70). The van der Waals surface area contributed by atoms with Gasteiger partial charge in [-0.05, 0) is 87.7 Å². The van der Waals surface area contributed by atoms with Gasteiger partial charge in [0.05, 0.1) is 81.3 Å². The average molecular weight is 1050 g/mol. The number of piperazine rings is 1. The Morgan fingerprint density at radius 2 is 1.51 bits per heavy atom. The number of amides is 6. The Bertz CT molecular complexity index is 2970. The molecule has 2 aromatic carbocycles. The molecule has 76 heavy (non-hydrogen) atoms. The molecule has 5 aromatic rings. The third kappa shape index (κ3) is 13.5. The number of rotatable bonds is 26. The van der Waals surface area contributed by atoms with E-state index in [4.69, 9.17) is 23.9 Å². The molecule has 22 heteroatoms. The SMILES string of the molecule is Cc1cc(C)c(CNC(=O)c2cc(-c3ccc(N4CCN(CCNC(=O)CCOCCOCCOCCOCCNc5cccc6c5C(=O)N(C5CCC(=O)NC5=O)C6=O)CC4)nc3)cc3c2cnn3C(C)C)c(=O)[nH]1. The Morgan fingerprint density at radius 1 is 0.789 bits per heavy atom. The number of imide groups is 2. The van der Waals surface area contributed by atoms with Gasteiger partial charge in [0.15, 0.2) is 0 Å². The van der Waals surface area contributed by atoms with E-state index in [0.29, 0.717) is 76.2 Å². The Labute approximate surface area is 440 Å². The predicted octanol–water partition coefficient (Wildman–Crippen LogP) is 3.12. The van der Waals surface area contributed by atoms with Crippen molar-refractivity contribution in [2.45, 2.75) is 65.6 Å². The van der Waals surface area contributed by atoms with E-state index in [9.17, 15) is 33.6 Å². The summed E-state index contributed by atoms with van der Waals surface area (Å²) in [7, 11) is 0. The molecule has 2 saturated heterocycles. The predicted molar refractivity (Wildman–Crippen MR) is 282 cm³/mol. The Hall–Kier alpha value is -7.37. The van der Waals surface area contributed by atoms with Gasteiger partial charge in [0.2, 0.25) is 17.7 Å². The molecule has 404 valence electrons. The summed E-state index contributed by atoms with van der Waals surface area (Å²) in [5.41, 5.74) is 5.75. The summed E-state index contributed by atoms with van der Waals surface area (Å²) in [6, 6.07) is 13.8. The molecule has 6 heterocycles. The van der Waals surface area contributed by atoms with Crippen LogP contribution in [0.25, 0.3) is 22.0 Å². The molecule has 0 radical (unpaired) electrons. The highest BCUT2D eigenvalue weighted by Crippen LogP contribution is 2.33. The number of nitrogens with one attached hydrogen (secondary N) is 5. The zero-order chi connectivity index (χ0) is 53.7. The minimum atomic E-state index is -1.03. The van der Waals surface area contributed by atoms with E-state index in [2.05, 4.69) is 41.1 Å². The highest BCUT2D eigenvalue weighted by Gasteiger charge is 2.45. The Kier molecular flexibility index (Phi) is 18.7. The van der Waals surface area contributed by atoms with Crippen molar-refractivity contribution >= 4 is 57.9 Å². The third-order valence-electron chi connectivity index (χ3n) is 13.5. The molecule has 8 rings (SSSR count). The molecule has 3 aromatic heterocycles. The number of hydrogen-bond donors (Lipinski definition) is 5. The number of anilines is 2. The van der Waals surface area contributed by atoms with Crippen LogP contribution in [0.3, 0.4) is 0 Å². The van der Waals surface area contributed by atoms with Crippen LogP contribution in [0.1, 0.15) is 87.0 Å². The number of hydrogen-bond acceptors (Lipinski definition) is 16. The molecular formula is C54H67N11O11. The van der Waals surface area contributed by atoms with Gasteiger partial charge in [0.25, 0.3) is 23.3 Å². The van der Waals surface area contributed by atoms with Gasteiger partial charge in [0.1, 0.15) is 11.9 Å². The lowest BCUT2D eigenvalue weighted by atomic mass is 10.0. The summed E-state index contributed by atoms with van der Waals surface area (Å²) in [4.78, 5) is 102. The summed E-state index contributed by atoms with van der Waals surface area (Å²) in [6.45, 7) is 15.5. The quantitative estimate of drug-likeness (QED) is 0.0394. The molecule has 0 aliphatic carbocycles. The molecule has 6 amide bonds. The largest absolute Gasteiger partial charge is 0.382 e. The number of H-pyrrole nitrogens is 1. The van der Waals surface area contributed by atoms with Crippen LogP contribution < -0.4 is 31.7 Å². The molecule has 0 saturated carbocycles. The topological polar surface area (TPSA) is 261 Å². The first kappa shape index (κ1) is 54.9. The number of aromatic amines is 1. The normalized spacial score (nSPS) is 15.9. The van der Waals surface area contributed by atoms with E-state index >= 15 is 0 Å². The van der Waals surface area contributed by atoms with E-state index in [1.165, 1.54) is 0 Å². The van der Waals surface area contributed by atoms with E-state index < -0.39 is 29.7 Å². The molecular weight excluding hydrogens is 979 g/mol. The van der Waals surface area contributed by atoms with Crippen LogP contribution in [0.4, 0.5) is 11.5 Å². The van der Waals surface area contributed by atoms with Gasteiger partial charge in [0, 0.05) is 105 Å². The first-order valence-electron chi connectivity index (χ1n) is 25.9. The molecule has 3 aliphatic rings. The summed E-state index contributed by atoms with van der Waals surface area (Å²) in [5, 5.41) is 16.6. The number of pyridine rings is 2. The summed E-state index contributed by atoms with van der Waals surface area (Å²) >= 11 is 0. The summed E-state index contributed by atoms with van der Waals surface area (Å²) in [5.74, 6) is -1.72. The van der Waals surface area contributed by atoms with Crippen LogP contribution in [-0.2, 0) is 39.9 Å². The second kappa shape index (κ2) is 25.9. The van der Waals surface area contributed by atoms with Crippen molar-refractivity contribution in [1.29, 1.82) is 0 Å². The van der Waals surface area contributed by atoms with E-state index in [-0.39, 0.29) is 67.0 Å². The maximum absolute atomic E-state index is 13.7. The smallest absolute Gasteiger partial charge is 0.264 e. The zero-order valence-electron chi connectivity index (χ0n) is 43.5. The van der Waals surface area contributed by atoms with Gasteiger partial charge in [-0.15, -0.1) is 0 Å². The highest BCUT2D eigenvalue weighted by atomic mass is 16.6. The molecule has 5 N–H and O–H groups in total. The number of fused-ring (bicyclic) bond motifs is 2. The minimum absolute atomic E-state index is 0.0528. The molecule has 2 fully saturated rings. The minimum Gasteiger partial charge on any atom is -0.382 e. The lowest BCUT2D eigenvalue weighted by Gasteiger charge is -2.35. The maximum Gasteiger partial charge on any atom is 0.264 e. The zero-order valence-corrected chi connectivity index (χ0v) is 43.5. The van der Waals surface area contributed by atoms with Gasteiger partial charge in [-0.3, -0.25) is 53.4 Å².